The molecule has 2 nitrogen and oxygen atoms in total. The molecule has 1 aliphatic heterocycles. The van der Waals surface area contributed by atoms with E-state index in [0.29, 0.717) is 0 Å². The van der Waals surface area contributed by atoms with Gasteiger partial charge >= 0.3 is 0 Å². The zero-order valence-corrected chi connectivity index (χ0v) is 11.6. The molecule has 0 radical (unpaired) electrons. The van der Waals surface area contributed by atoms with Crippen LogP contribution in [0.2, 0.25) is 0 Å². The van der Waals surface area contributed by atoms with E-state index in [-0.39, 0.29) is 0 Å². The normalized spacial score (nSPS) is 16.0. The van der Waals surface area contributed by atoms with E-state index in [4.69, 9.17) is 4.74 Å². The number of hydrogen-bond acceptors (Lipinski definition) is 2. The van der Waals surface area contributed by atoms with Gasteiger partial charge in [-0.05, 0) is 49.2 Å². The van der Waals surface area contributed by atoms with Crippen LogP contribution < -0.4 is 4.74 Å². The smallest absolute Gasteiger partial charge is 0.119 e. The summed E-state index contributed by atoms with van der Waals surface area (Å²) < 4.78 is 5.78. The Balaban J connectivity index is 1.76. The molecule has 2 rings (SSSR count). The molecule has 1 aromatic rings. The van der Waals surface area contributed by atoms with Crippen LogP contribution in [0.1, 0.15) is 24.8 Å². The highest BCUT2D eigenvalue weighted by Crippen LogP contribution is 2.18. The van der Waals surface area contributed by atoms with Gasteiger partial charge in [-0.2, -0.15) is 0 Å². The lowest BCUT2D eigenvalue weighted by Crippen LogP contribution is -2.33. The van der Waals surface area contributed by atoms with Gasteiger partial charge in [-0.3, -0.25) is 4.90 Å². The Morgan fingerprint density at radius 3 is 2.47 bits per heavy atom. The van der Waals surface area contributed by atoms with Gasteiger partial charge in [-0.1, -0.05) is 37.8 Å². The first-order chi connectivity index (χ1) is 9.29. The molecule has 1 saturated heterocycles. The van der Waals surface area contributed by atoms with Crippen LogP contribution >= 0.6 is 0 Å². The van der Waals surface area contributed by atoms with E-state index < -0.39 is 0 Å². The summed E-state index contributed by atoms with van der Waals surface area (Å²) in [5, 5.41) is 0. The van der Waals surface area contributed by atoms with Crippen molar-refractivity contribution in [2.45, 2.75) is 19.3 Å². The second-order valence-corrected chi connectivity index (χ2v) is 5.00. The topological polar surface area (TPSA) is 12.5 Å². The molecule has 1 aromatic carbocycles. The van der Waals surface area contributed by atoms with Gasteiger partial charge in [0.05, 0.1) is 0 Å². The molecule has 0 aromatic heterocycles. The maximum Gasteiger partial charge on any atom is 0.119 e. The summed E-state index contributed by atoms with van der Waals surface area (Å²) in [5.41, 5.74) is 2.04. The van der Waals surface area contributed by atoms with Crippen molar-refractivity contribution >= 4 is 5.57 Å². The highest BCUT2D eigenvalue weighted by molar-refractivity contribution is 5.71. The molecular weight excluding hydrogens is 234 g/mol. The van der Waals surface area contributed by atoms with Crippen molar-refractivity contribution in [1.29, 1.82) is 0 Å². The van der Waals surface area contributed by atoms with Crippen LogP contribution in [0.3, 0.4) is 0 Å². The van der Waals surface area contributed by atoms with E-state index in [1.165, 1.54) is 32.4 Å². The van der Waals surface area contributed by atoms with E-state index in [1.54, 1.807) is 6.08 Å². The summed E-state index contributed by atoms with van der Waals surface area (Å²) in [6, 6.07) is 8.06. The van der Waals surface area contributed by atoms with Crippen molar-refractivity contribution in [3.05, 3.63) is 49.1 Å². The number of piperidine rings is 1. The molecule has 0 aliphatic carbocycles. The number of nitrogens with zero attached hydrogens (tertiary/aromatic N) is 1. The van der Waals surface area contributed by atoms with Crippen molar-refractivity contribution in [1.82, 2.24) is 4.90 Å². The number of ether oxygens (including phenoxy) is 1. The molecule has 1 aliphatic rings. The van der Waals surface area contributed by atoms with Gasteiger partial charge in [0, 0.05) is 6.54 Å². The molecule has 0 bridgehead atoms. The van der Waals surface area contributed by atoms with Crippen LogP contribution in [-0.4, -0.2) is 31.1 Å². The third-order valence-corrected chi connectivity index (χ3v) is 3.60. The fourth-order valence-electron chi connectivity index (χ4n) is 2.36. The van der Waals surface area contributed by atoms with E-state index >= 15 is 0 Å². The van der Waals surface area contributed by atoms with Crippen molar-refractivity contribution in [3.8, 4) is 5.75 Å². The molecule has 0 N–H and O–H groups in total. The van der Waals surface area contributed by atoms with Crippen LogP contribution in [0, 0.1) is 0 Å². The monoisotopic (exact) mass is 257 g/mol. The molecule has 1 fully saturated rings. The van der Waals surface area contributed by atoms with Crippen molar-refractivity contribution in [2.24, 2.45) is 0 Å². The highest BCUT2D eigenvalue weighted by Gasteiger charge is 2.09. The van der Waals surface area contributed by atoms with E-state index in [0.717, 1.165) is 30.0 Å². The van der Waals surface area contributed by atoms with E-state index in [9.17, 15) is 0 Å². The molecule has 102 valence electrons. The van der Waals surface area contributed by atoms with Crippen LogP contribution in [-0.2, 0) is 0 Å². The Bertz CT molecular complexity index is 415. The number of rotatable bonds is 6. The second-order valence-electron chi connectivity index (χ2n) is 5.00. The lowest BCUT2D eigenvalue weighted by Gasteiger charge is -2.26. The minimum atomic E-state index is 0.766. The van der Waals surface area contributed by atoms with Gasteiger partial charge in [-0.25, -0.2) is 0 Å². The Morgan fingerprint density at radius 2 is 1.84 bits per heavy atom. The molecular formula is C17H23NO. The molecule has 0 unspecified atom stereocenters. The minimum absolute atomic E-state index is 0.766. The minimum Gasteiger partial charge on any atom is -0.492 e. The van der Waals surface area contributed by atoms with Crippen LogP contribution in [0.4, 0.5) is 0 Å². The van der Waals surface area contributed by atoms with Crippen LogP contribution in [0.15, 0.2) is 43.5 Å². The fraction of sp³-hybridized carbons (Fsp3) is 0.412. The lowest BCUT2D eigenvalue weighted by atomic mass is 10.1. The zero-order valence-electron chi connectivity index (χ0n) is 11.6. The van der Waals surface area contributed by atoms with Gasteiger partial charge in [0.15, 0.2) is 0 Å². The summed E-state index contributed by atoms with van der Waals surface area (Å²) in [7, 11) is 0. The summed E-state index contributed by atoms with van der Waals surface area (Å²) >= 11 is 0. The molecule has 1 heterocycles. The quantitative estimate of drug-likeness (QED) is 0.720. The Labute approximate surface area is 116 Å². The molecule has 2 heteroatoms. The summed E-state index contributed by atoms with van der Waals surface area (Å²) in [6.07, 6.45) is 5.81. The number of hydrogen-bond donors (Lipinski definition) is 0. The van der Waals surface area contributed by atoms with Crippen LogP contribution in [0.5, 0.6) is 5.75 Å². The maximum absolute atomic E-state index is 5.78. The predicted octanol–water partition coefficient (Wildman–Crippen LogP) is 3.75. The van der Waals surface area contributed by atoms with Gasteiger partial charge in [0.1, 0.15) is 12.4 Å². The van der Waals surface area contributed by atoms with Crippen molar-refractivity contribution in [2.75, 3.05) is 26.2 Å². The molecule has 0 spiro atoms. The molecule has 0 atom stereocenters. The number of allylic oxidation sites excluding steroid dienone is 2. The zero-order chi connectivity index (χ0) is 13.5. The third-order valence-electron chi connectivity index (χ3n) is 3.60. The molecule has 0 saturated carbocycles. The first-order valence-electron chi connectivity index (χ1n) is 7.06. The summed E-state index contributed by atoms with van der Waals surface area (Å²) in [4.78, 5) is 2.48. The Kier molecular flexibility index (Phi) is 5.22. The standard InChI is InChI=1S/C17H23NO/c1-3-15(2)16-7-9-17(10-8-16)19-14-13-18-11-5-4-6-12-18/h3,7-10H,1-2,4-6,11-14H2. The second kappa shape index (κ2) is 7.15. The van der Waals surface area contributed by atoms with Crippen molar-refractivity contribution in [3.63, 3.8) is 0 Å². The number of benzene rings is 1. The highest BCUT2D eigenvalue weighted by atomic mass is 16.5. The first kappa shape index (κ1) is 13.9. The fourth-order valence-corrected chi connectivity index (χ4v) is 2.36. The largest absolute Gasteiger partial charge is 0.492 e. The summed E-state index contributed by atoms with van der Waals surface area (Å²) in [5.74, 6) is 0.928. The van der Waals surface area contributed by atoms with E-state index in [1.807, 2.05) is 24.3 Å². The lowest BCUT2D eigenvalue weighted by molar-refractivity contribution is 0.183. The van der Waals surface area contributed by atoms with Gasteiger partial charge in [0.2, 0.25) is 0 Å². The van der Waals surface area contributed by atoms with Gasteiger partial charge in [-0.15, -0.1) is 0 Å². The van der Waals surface area contributed by atoms with Gasteiger partial charge < -0.3 is 4.74 Å². The Morgan fingerprint density at radius 1 is 1.16 bits per heavy atom. The Hall–Kier alpha value is -1.54. The SMILES string of the molecule is C=CC(=C)c1ccc(OCCN2CCCCC2)cc1. The average molecular weight is 257 g/mol. The predicted molar refractivity (Wildman–Crippen MR) is 81.5 cm³/mol. The summed E-state index contributed by atoms with van der Waals surface area (Å²) in [6.45, 7) is 11.9. The first-order valence-corrected chi connectivity index (χ1v) is 7.06. The van der Waals surface area contributed by atoms with Crippen molar-refractivity contribution < 1.29 is 4.74 Å². The third kappa shape index (κ3) is 4.25. The molecule has 0 amide bonds. The maximum atomic E-state index is 5.78. The molecule has 19 heavy (non-hydrogen) atoms. The average Bonchev–Trinajstić information content (AvgIpc) is 2.48. The van der Waals surface area contributed by atoms with Crippen LogP contribution in [0.25, 0.3) is 5.57 Å². The number of likely N-dealkylation sites (tertiary alicyclic amines) is 1. The van der Waals surface area contributed by atoms with Gasteiger partial charge in [0.25, 0.3) is 0 Å². The van der Waals surface area contributed by atoms with E-state index in [2.05, 4.69) is 18.1 Å².